The monoisotopic (exact) mass is 373 g/mol. The molecule has 3 heterocycles. The van der Waals surface area contributed by atoms with Gasteiger partial charge in [-0.05, 0) is 23.6 Å². The molecular formula is C21H23N7. The zero-order valence-electron chi connectivity index (χ0n) is 15.8. The van der Waals surface area contributed by atoms with Crippen molar-refractivity contribution in [1.82, 2.24) is 19.6 Å². The van der Waals surface area contributed by atoms with Crippen LogP contribution >= 0.6 is 0 Å². The second-order valence-electron chi connectivity index (χ2n) is 6.71. The molecule has 0 atom stereocenters. The van der Waals surface area contributed by atoms with Crippen molar-refractivity contribution in [3.05, 3.63) is 78.2 Å². The molecule has 0 saturated heterocycles. The highest BCUT2D eigenvalue weighted by Crippen LogP contribution is 2.22. The van der Waals surface area contributed by atoms with Crippen LogP contribution in [0.25, 0.3) is 5.65 Å². The molecule has 0 aliphatic heterocycles. The minimum Gasteiger partial charge on any atom is -0.394 e. The molecule has 0 fully saturated rings. The number of benzene rings is 1. The highest BCUT2D eigenvalue weighted by Gasteiger charge is 2.12. The summed E-state index contributed by atoms with van der Waals surface area (Å²) in [7, 11) is 2.04. The van der Waals surface area contributed by atoms with Crippen LogP contribution in [0, 0.1) is 0 Å². The Kier molecular flexibility index (Phi) is 5.05. The number of hydrogen-bond acceptors (Lipinski definition) is 6. The van der Waals surface area contributed by atoms with E-state index in [0.717, 1.165) is 30.2 Å². The summed E-state index contributed by atoms with van der Waals surface area (Å²) < 4.78 is 1.74. The molecule has 142 valence electrons. The summed E-state index contributed by atoms with van der Waals surface area (Å²) in [5.41, 5.74) is 9.68. The molecule has 0 aliphatic rings. The van der Waals surface area contributed by atoms with Gasteiger partial charge in [-0.2, -0.15) is 9.61 Å². The zero-order valence-corrected chi connectivity index (χ0v) is 15.8. The number of nitrogens with zero attached hydrogens (tertiary/aromatic N) is 5. The molecule has 1 aromatic carbocycles. The number of nitrogens with two attached hydrogens (primary N) is 1. The molecule has 0 spiro atoms. The van der Waals surface area contributed by atoms with Gasteiger partial charge < -0.3 is 16.0 Å². The molecule has 4 rings (SSSR count). The van der Waals surface area contributed by atoms with Gasteiger partial charge in [-0.25, -0.2) is 4.98 Å². The lowest BCUT2D eigenvalue weighted by molar-refractivity contribution is 0.849. The third kappa shape index (κ3) is 3.88. The molecule has 7 heteroatoms. The lowest BCUT2D eigenvalue weighted by atomic mass is 10.1. The van der Waals surface area contributed by atoms with Crippen LogP contribution < -0.4 is 16.0 Å². The molecule has 0 saturated carbocycles. The van der Waals surface area contributed by atoms with E-state index in [0.29, 0.717) is 17.9 Å². The van der Waals surface area contributed by atoms with Gasteiger partial charge in [-0.15, -0.1) is 0 Å². The molecule has 0 bridgehead atoms. The Morgan fingerprint density at radius 3 is 2.68 bits per heavy atom. The van der Waals surface area contributed by atoms with E-state index in [2.05, 4.69) is 44.6 Å². The first-order valence-corrected chi connectivity index (χ1v) is 9.23. The average Bonchev–Trinajstić information content (AvgIpc) is 3.12. The SMILES string of the molecule is CN(CCc1ccccc1)c1cc(NCc2cccnc2)n2ncc(N)c2n1. The molecule has 3 N–H and O–H groups in total. The summed E-state index contributed by atoms with van der Waals surface area (Å²) in [5.74, 6) is 1.69. The highest BCUT2D eigenvalue weighted by molar-refractivity contribution is 5.69. The van der Waals surface area contributed by atoms with E-state index in [9.17, 15) is 0 Å². The summed E-state index contributed by atoms with van der Waals surface area (Å²) in [4.78, 5) is 11.0. The number of hydrogen-bond donors (Lipinski definition) is 2. The summed E-state index contributed by atoms with van der Waals surface area (Å²) in [6.45, 7) is 1.49. The topological polar surface area (TPSA) is 84.4 Å². The molecule has 0 amide bonds. The van der Waals surface area contributed by atoms with Crippen molar-refractivity contribution >= 4 is 23.0 Å². The van der Waals surface area contributed by atoms with Gasteiger partial charge in [-0.1, -0.05) is 36.4 Å². The Balaban J connectivity index is 1.56. The van der Waals surface area contributed by atoms with Gasteiger partial charge in [0.25, 0.3) is 0 Å². The Labute approximate surface area is 163 Å². The largest absolute Gasteiger partial charge is 0.394 e. The Bertz CT molecular complexity index is 1040. The third-order valence-electron chi connectivity index (χ3n) is 4.65. The highest BCUT2D eigenvalue weighted by atomic mass is 15.3. The molecule has 0 unspecified atom stereocenters. The van der Waals surface area contributed by atoms with E-state index in [4.69, 9.17) is 10.7 Å². The number of rotatable bonds is 7. The maximum Gasteiger partial charge on any atom is 0.182 e. The molecule has 7 nitrogen and oxygen atoms in total. The third-order valence-corrected chi connectivity index (χ3v) is 4.65. The van der Waals surface area contributed by atoms with Gasteiger partial charge in [0.2, 0.25) is 0 Å². The van der Waals surface area contributed by atoms with Crippen molar-refractivity contribution in [2.24, 2.45) is 0 Å². The first-order valence-electron chi connectivity index (χ1n) is 9.23. The first-order chi connectivity index (χ1) is 13.7. The molecule has 3 aromatic heterocycles. The van der Waals surface area contributed by atoms with Crippen LogP contribution in [-0.2, 0) is 13.0 Å². The Morgan fingerprint density at radius 1 is 1.07 bits per heavy atom. The fourth-order valence-electron chi connectivity index (χ4n) is 3.04. The van der Waals surface area contributed by atoms with Crippen molar-refractivity contribution in [3.63, 3.8) is 0 Å². The van der Waals surface area contributed by atoms with E-state index in [1.165, 1.54) is 5.56 Å². The van der Waals surface area contributed by atoms with Crippen LogP contribution in [0.2, 0.25) is 0 Å². The summed E-state index contributed by atoms with van der Waals surface area (Å²) in [5, 5.41) is 7.78. The van der Waals surface area contributed by atoms with Gasteiger partial charge in [0.05, 0.1) is 11.9 Å². The minimum absolute atomic E-state index is 0.558. The molecule has 0 radical (unpaired) electrons. The lowest BCUT2D eigenvalue weighted by Gasteiger charge is -2.20. The van der Waals surface area contributed by atoms with E-state index < -0.39 is 0 Å². The number of nitrogen functional groups attached to an aromatic ring is 1. The van der Waals surface area contributed by atoms with Crippen molar-refractivity contribution in [2.45, 2.75) is 13.0 Å². The van der Waals surface area contributed by atoms with Gasteiger partial charge in [0.1, 0.15) is 11.6 Å². The summed E-state index contributed by atoms with van der Waals surface area (Å²) in [6.07, 6.45) is 6.18. The number of likely N-dealkylation sites (N-methyl/N-ethyl adjacent to an activating group) is 1. The van der Waals surface area contributed by atoms with Gasteiger partial charge in [0.15, 0.2) is 5.65 Å². The maximum absolute atomic E-state index is 6.08. The number of aromatic nitrogens is 4. The van der Waals surface area contributed by atoms with Crippen molar-refractivity contribution in [1.29, 1.82) is 0 Å². The summed E-state index contributed by atoms with van der Waals surface area (Å²) >= 11 is 0. The molecule has 28 heavy (non-hydrogen) atoms. The number of fused-ring (bicyclic) bond motifs is 1. The number of pyridine rings is 1. The smallest absolute Gasteiger partial charge is 0.182 e. The predicted octanol–water partition coefficient (Wildman–Crippen LogP) is 3.00. The van der Waals surface area contributed by atoms with E-state index in [1.54, 1.807) is 16.9 Å². The van der Waals surface area contributed by atoms with Crippen LogP contribution in [0.15, 0.2) is 67.1 Å². The van der Waals surface area contributed by atoms with Crippen LogP contribution in [0.4, 0.5) is 17.3 Å². The van der Waals surface area contributed by atoms with Crippen molar-refractivity contribution in [3.8, 4) is 0 Å². The van der Waals surface area contributed by atoms with E-state index in [-0.39, 0.29) is 0 Å². The first kappa shape index (κ1) is 17.8. The normalized spacial score (nSPS) is 10.9. The fourth-order valence-corrected chi connectivity index (χ4v) is 3.04. The van der Waals surface area contributed by atoms with E-state index >= 15 is 0 Å². The fraction of sp³-hybridized carbons (Fsp3) is 0.190. The number of anilines is 3. The van der Waals surface area contributed by atoms with Crippen LogP contribution in [0.1, 0.15) is 11.1 Å². The van der Waals surface area contributed by atoms with Crippen molar-refractivity contribution in [2.75, 3.05) is 29.5 Å². The zero-order chi connectivity index (χ0) is 19.3. The average molecular weight is 373 g/mol. The quantitative estimate of drug-likeness (QED) is 0.518. The second-order valence-corrected chi connectivity index (χ2v) is 6.71. The van der Waals surface area contributed by atoms with Gasteiger partial charge >= 0.3 is 0 Å². The van der Waals surface area contributed by atoms with E-state index in [1.807, 2.05) is 37.5 Å². The maximum atomic E-state index is 6.08. The summed E-state index contributed by atoms with van der Waals surface area (Å²) in [6, 6.07) is 16.4. The molecule has 0 aliphatic carbocycles. The standard InChI is InChI=1S/C21H23N7/c1-27(11-9-16-6-3-2-4-7-16)20-12-19(24-14-17-8-5-10-23-13-17)28-21(26-20)18(22)15-25-28/h2-8,10,12-13,15,24H,9,11,14,22H2,1H3. The van der Waals surface area contributed by atoms with Gasteiger partial charge in [0, 0.05) is 38.6 Å². The van der Waals surface area contributed by atoms with Crippen LogP contribution in [0.5, 0.6) is 0 Å². The minimum atomic E-state index is 0.558. The van der Waals surface area contributed by atoms with Crippen molar-refractivity contribution < 1.29 is 0 Å². The Hall–Kier alpha value is -3.61. The second kappa shape index (κ2) is 7.96. The lowest BCUT2D eigenvalue weighted by Crippen LogP contribution is -2.22. The van der Waals surface area contributed by atoms with Crippen LogP contribution in [0.3, 0.4) is 0 Å². The Morgan fingerprint density at radius 2 is 1.89 bits per heavy atom. The van der Waals surface area contributed by atoms with Crippen LogP contribution in [-0.4, -0.2) is 33.2 Å². The molecular weight excluding hydrogens is 350 g/mol. The van der Waals surface area contributed by atoms with Gasteiger partial charge in [-0.3, -0.25) is 4.98 Å². The predicted molar refractivity (Wildman–Crippen MR) is 112 cm³/mol. The number of nitrogens with one attached hydrogen (secondary N) is 1. The molecule has 4 aromatic rings.